The van der Waals surface area contributed by atoms with Gasteiger partial charge in [0.25, 0.3) is 0 Å². The molecule has 0 aromatic rings. The molecule has 0 fully saturated rings. The van der Waals surface area contributed by atoms with Crippen LogP contribution in [0.5, 0.6) is 0 Å². The van der Waals surface area contributed by atoms with Crippen molar-refractivity contribution in [2.24, 2.45) is 0 Å². The van der Waals surface area contributed by atoms with E-state index < -0.39 is 12.1 Å². The highest BCUT2D eigenvalue weighted by atomic mass is 16.5. The summed E-state index contributed by atoms with van der Waals surface area (Å²) in [5, 5.41) is 18.1. The summed E-state index contributed by atoms with van der Waals surface area (Å²) < 4.78 is 4.75. The average Bonchev–Trinajstić information content (AvgIpc) is 2.44. The maximum absolute atomic E-state index is 11.2. The number of aliphatic hydroxyl groups is 2. The largest absolute Gasteiger partial charge is 0.464 e. The fourth-order valence-electron chi connectivity index (χ4n) is 2.22. The minimum absolute atomic E-state index is 0.317. The summed E-state index contributed by atoms with van der Waals surface area (Å²) in [6.45, 7) is 2.39. The highest BCUT2D eigenvalue weighted by Crippen LogP contribution is 2.12. The number of hydrogen-bond acceptors (Lipinski definition) is 4. The maximum Gasteiger partial charge on any atom is 0.334 e. The Bertz CT molecular complexity index is 219. The molecule has 0 heterocycles. The van der Waals surface area contributed by atoms with Crippen molar-refractivity contribution in [3.05, 3.63) is 0 Å². The van der Waals surface area contributed by atoms with Crippen LogP contribution in [0.15, 0.2) is 0 Å². The van der Waals surface area contributed by atoms with Crippen LogP contribution in [0.1, 0.15) is 77.6 Å². The Balaban J connectivity index is 3.18. The quantitative estimate of drug-likeness (QED) is 0.380. The second kappa shape index (κ2) is 14.8. The Hall–Kier alpha value is -0.610. The van der Waals surface area contributed by atoms with E-state index in [2.05, 4.69) is 0 Å². The lowest BCUT2D eigenvalue weighted by Crippen LogP contribution is -2.22. The number of ether oxygens (including phenoxy) is 1. The summed E-state index contributed by atoms with van der Waals surface area (Å²) in [5.74, 6) is -0.490. The monoisotopic (exact) mass is 288 g/mol. The Labute approximate surface area is 123 Å². The number of carbonyl (C=O) groups is 1. The molecule has 1 unspecified atom stereocenters. The zero-order valence-electron chi connectivity index (χ0n) is 13.0. The minimum atomic E-state index is -0.943. The molecule has 0 aliphatic heterocycles. The number of esters is 1. The van der Waals surface area contributed by atoms with Crippen LogP contribution in [0.25, 0.3) is 0 Å². The molecule has 0 bridgehead atoms. The molecule has 0 saturated heterocycles. The summed E-state index contributed by atoms with van der Waals surface area (Å²) in [4.78, 5) is 11.2. The summed E-state index contributed by atoms with van der Waals surface area (Å²) >= 11 is 0. The van der Waals surface area contributed by atoms with E-state index in [0.717, 1.165) is 25.7 Å². The van der Waals surface area contributed by atoms with Crippen molar-refractivity contribution in [1.29, 1.82) is 0 Å². The standard InChI is InChI=1S/C16H32O4/c1-2-20-16(19)15(18)13-11-9-7-5-3-4-6-8-10-12-14-17/h15,17-18H,2-14H2,1H3. The Morgan fingerprint density at radius 2 is 1.35 bits per heavy atom. The SMILES string of the molecule is CCOC(=O)C(O)CCCCCCCCCCCCO. The third-order valence-corrected chi connectivity index (χ3v) is 3.44. The second-order valence-electron chi connectivity index (χ2n) is 5.32. The summed E-state index contributed by atoms with van der Waals surface area (Å²) in [7, 11) is 0. The molecule has 0 aliphatic carbocycles. The van der Waals surface area contributed by atoms with Crippen molar-refractivity contribution >= 4 is 5.97 Å². The molecule has 0 saturated carbocycles. The number of hydrogen-bond donors (Lipinski definition) is 2. The molecule has 0 spiro atoms. The van der Waals surface area contributed by atoms with Crippen LogP contribution in [0.4, 0.5) is 0 Å². The molecule has 0 aromatic heterocycles. The zero-order chi connectivity index (χ0) is 15.1. The van der Waals surface area contributed by atoms with E-state index in [-0.39, 0.29) is 0 Å². The Kier molecular flexibility index (Phi) is 14.3. The second-order valence-corrected chi connectivity index (χ2v) is 5.32. The molecule has 2 N–H and O–H groups in total. The van der Waals surface area contributed by atoms with Gasteiger partial charge in [-0.3, -0.25) is 0 Å². The van der Waals surface area contributed by atoms with Crippen LogP contribution in [0.2, 0.25) is 0 Å². The van der Waals surface area contributed by atoms with E-state index in [4.69, 9.17) is 9.84 Å². The van der Waals surface area contributed by atoms with Gasteiger partial charge < -0.3 is 14.9 Å². The highest BCUT2D eigenvalue weighted by molar-refractivity contribution is 5.74. The zero-order valence-corrected chi connectivity index (χ0v) is 13.0. The third-order valence-electron chi connectivity index (χ3n) is 3.44. The molecule has 0 amide bonds. The van der Waals surface area contributed by atoms with Gasteiger partial charge in [-0.1, -0.05) is 57.8 Å². The van der Waals surface area contributed by atoms with Crippen molar-refractivity contribution in [2.75, 3.05) is 13.2 Å². The van der Waals surface area contributed by atoms with Crippen LogP contribution in [0, 0.1) is 0 Å². The van der Waals surface area contributed by atoms with Gasteiger partial charge >= 0.3 is 5.97 Å². The van der Waals surface area contributed by atoms with Crippen molar-refractivity contribution < 1.29 is 19.7 Å². The lowest BCUT2D eigenvalue weighted by atomic mass is 10.0. The van der Waals surface area contributed by atoms with Crippen LogP contribution < -0.4 is 0 Å². The lowest BCUT2D eigenvalue weighted by Gasteiger charge is -2.09. The normalized spacial score (nSPS) is 12.3. The number of aliphatic hydroxyl groups excluding tert-OH is 2. The topological polar surface area (TPSA) is 66.8 Å². The van der Waals surface area contributed by atoms with Crippen molar-refractivity contribution in [3.63, 3.8) is 0 Å². The average molecular weight is 288 g/mol. The van der Waals surface area contributed by atoms with Gasteiger partial charge in [0, 0.05) is 6.61 Å². The predicted octanol–water partition coefficient (Wildman–Crippen LogP) is 3.19. The van der Waals surface area contributed by atoms with Crippen molar-refractivity contribution in [3.8, 4) is 0 Å². The van der Waals surface area contributed by atoms with E-state index in [1.54, 1.807) is 6.92 Å². The van der Waals surface area contributed by atoms with Gasteiger partial charge in [-0.2, -0.15) is 0 Å². The molecule has 1 atom stereocenters. The van der Waals surface area contributed by atoms with E-state index in [1.165, 1.54) is 38.5 Å². The first-order valence-corrected chi connectivity index (χ1v) is 8.18. The van der Waals surface area contributed by atoms with Crippen molar-refractivity contribution in [2.45, 2.75) is 83.7 Å². The van der Waals surface area contributed by atoms with Gasteiger partial charge in [0.15, 0.2) is 6.10 Å². The molecule has 4 heteroatoms. The number of unbranched alkanes of at least 4 members (excludes halogenated alkanes) is 9. The van der Waals surface area contributed by atoms with Crippen LogP contribution in [-0.2, 0) is 9.53 Å². The fraction of sp³-hybridized carbons (Fsp3) is 0.938. The molecule has 0 radical (unpaired) electrons. The molecule has 0 aliphatic rings. The summed E-state index contributed by atoms with van der Waals surface area (Å²) in [6, 6.07) is 0. The first kappa shape index (κ1) is 19.4. The van der Waals surface area contributed by atoms with Crippen LogP contribution >= 0.6 is 0 Å². The Morgan fingerprint density at radius 1 is 0.900 bits per heavy atom. The van der Waals surface area contributed by atoms with Gasteiger partial charge in [-0.05, 0) is 19.8 Å². The fourth-order valence-corrected chi connectivity index (χ4v) is 2.22. The molecule has 0 rings (SSSR count). The maximum atomic E-state index is 11.2. The predicted molar refractivity (Wildman–Crippen MR) is 80.5 cm³/mol. The first-order chi connectivity index (χ1) is 9.72. The van der Waals surface area contributed by atoms with E-state index in [1.807, 2.05) is 0 Å². The molecule has 4 nitrogen and oxygen atoms in total. The smallest absolute Gasteiger partial charge is 0.334 e. The van der Waals surface area contributed by atoms with E-state index in [0.29, 0.717) is 19.6 Å². The highest BCUT2D eigenvalue weighted by Gasteiger charge is 2.14. The van der Waals surface area contributed by atoms with Gasteiger partial charge in [0.2, 0.25) is 0 Å². The summed E-state index contributed by atoms with van der Waals surface area (Å²) in [6.07, 6.45) is 11.0. The van der Waals surface area contributed by atoms with Gasteiger partial charge in [0.05, 0.1) is 6.61 Å². The molecular weight excluding hydrogens is 256 g/mol. The van der Waals surface area contributed by atoms with E-state index in [9.17, 15) is 9.90 Å². The lowest BCUT2D eigenvalue weighted by molar-refractivity contribution is -0.153. The summed E-state index contributed by atoms with van der Waals surface area (Å²) in [5.41, 5.74) is 0. The van der Waals surface area contributed by atoms with E-state index >= 15 is 0 Å². The van der Waals surface area contributed by atoms with Gasteiger partial charge in [0.1, 0.15) is 0 Å². The molecule has 120 valence electrons. The van der Waals surface area contributed by atoms with Crippen molar-refractivity contribution in [1.82, 2.24) is 0 Å². The van der Waals surface area contributed by atoms with Gasteiger partial charge in [-0.15, -0.1) is 0 Å². The molecule has 20 heavy (non-hydrogen) atoms. The third kappa shape index (κ3) is 12.4. The Morgan fingerprint density at radius 3 is 1.80 bits per heavy atom. The molecular formula is C16H32O4. The van der Waals surface area contributed by atoms with Gasteiger partial charge in [-0.25, -0.2) is 4.79 Å². The molecule has 0 aromatic carbocycles. The van der Waals surface area contributed by atoms with Crippen LogP contribution in [-0.4, -0.2) is 35.5 Å². The minimum Gasteiger partial charge on any atom is -0.464 e. The number of carbonyl (C=O) groups excluding carboxylic acids is 1. The number of rotatable bonds is 14. The first-order valence-electron chi connectivity index (χ1n) is 8.18. The van der Waals surface area contributed by atoms with Crippen LogP contribution in [0.3, 0.4) is 0 Å².